The molecule has 0 aromatic heterocycles. The summed E-state index contributed by atoms with van der Waals surface area (Å²) in [6, 6.07) is 5.87. The summed E-state index contributed by atoms with van der Waals surface area (Å²) < 4.78 is 0.913. The zero-order valence-electron chi connectivity index (χ0n) is 16.8. The van der Waals surface area contributed by atoms with Crippen LogP contribution in [0, 0.1) is 25.2 Å². The first kappa shape index (κ1) is 23.3. The number of carbonyl (C=O) groups is 1. The molecule has 4 nitrogen and oxygen atoms in total. The number of quaternary nitrogens is 1. The van der Waals surface area contributed by atoms with Crippen LogP contribution in [0.15, 0.2) is 12.1 Å². The zero-order valence-corrected chi connectivity index (χ0v) is 19.6. The standard InChI is InChI=1S/C21H31N3O.Y/c1-5-19(24(6-2)11-9-7-8-10-12-24)21(25)23-20-16(3)13-18(15-22)14-17(20)4;/h13-14,19H,5-12H2,1-4H3;/p+1. The Labute approximate surface area is 183 Å². The zero-order chi connectivity index (χ0) is 18.4. The molecule has 0 saturated carbocycles. The normalized spacial score (nSPS) is 17.3. The third kappa shape index (κ3) is 5.15. The maximum absolute atomic E-state index is 13.2. The number of anilines is 1. The molecule has 1 saturated heterocycles. The number of benzene rings is 1. The van der Waals surface area contributed by atoms with Gasteiger partial charge in [-0.3, -0.25) is 4.79 Å². The molecule has 1 radical (unpaired) electrons. The first-order chi connectivity index (χ1) is 12.0. The maximum Gasteiger partial charge on any atom is 0.282 e. The summed E-state index contributed by atoms with van der Waals surface area (Å²) in [5.41, 5.74) is 3.42. The van der Waals surface area contributed by atoms with Gasteiger partial charge in [0, 0.05) is 44.8 Å². The van der Waals surface area contributed by atoms with Crippen LogP contribution in [-0.2, 0) is 37.5 Å². The Morgan fingerprint density at radius 2 is 1.69 bits per heavy atom. The van der Waals surface area contributed by atoms with E-state index in [1.807, 2.05) is 26.0 Å². The second-order valence-electron chi connectivity index (χ2n) is 7.41. The molecule has 1 heterocycles. The largest absolute Gasteiger partial charge is 0.320 e. The van der Waals surface area contributed by atoms with Crippen molar-refractivity contribution in [1.29, 1.82) is 5.26 Å². The minimum absolute atomic E-state index is 0. The second-order valence-corrected chi connectivity index (χ2v) is 7.41. The van der Waals surface area contributed by atoms with E-state index in [2.05, 4.69) is 25.2 Å². The number of nitrogens with one attached hydrogen (secondary N) is 1. The maximum atomic E-state index is 13.2. The molecular formula is C21H32N3OY+. The van der Waals surface area contributed by atoms with Crippen LogP contribution in [0.25, 0.3) is 0 Å². The number of hydrogen-bond acceptors (Lipinski definition) is 2. The fourth-order valence-electron chi connectivity index (χ4n) is 4.42. The average molecular weight is 431 g/mol. The summed E-state index contributed by atoms with van der Waals surface area (Å²) in [6.45, 7) is 11.5. The number of likely N-dealkylation sites (N-methyl/N-ethyl adjacent to an activating group) is 1. The van der Waals surface area contributed by atoms with Crippen molar-refractivity contribution in [1.82, 2.24) is 0 Å². The van der Waals surface area contributed by atoms with Gasteiger partial charge in [-0.15, -0.1) is 0 Å². The summed E-state index contributed by atoms with van der Waals surface area (Å²) in [4.78, 5) is 13.2. The van der Waals surface area contributed by atoms with Gasteiger partial charge in [0.1, 0.15) is 0 Å². The third-order valence-corrected chi connectivity index (χ3v) is 5.85. The molecule has 26 heavy (non-hydrogen) atoms. The smallest absolute Gasteiger partial charge is 0.282 e. The summed E-state index contributed by atoms with van der Waals surface area (Å²) in [7, 11) is 0. The van der Waals surface area contributed by atoms with Crippen LogP contribution in [0.1, 0.15) is 62.6 Å². The van der Waals surface area contributed by atoms with Crippen LogP contribution in [0.2, 0.25) is 0 Å². The van der Waals surface area contributed by atoms with Crippen molar-refractivity contribution < 1.29 is 42.0 Å². The van der Waals surface area contributed by atoms with E-state index in [1.54, 1.807) is 0 Å². The number of hydrogen-bond donors (Lipinski definition) is 1. The molecule has 5 heteroatoms. The molecular weight excluding hydrogens is 399 g/mol. The number of amides is 1. The van der Waals surface area contributed by atoms with Crippen LogP contribution in [0.4, 0.5) is 5.69 Å². The fraction of sp³-hybridized carbons (Fsp3) is 0.619. The third-order valence-electron chi connectivity index (χ3n) is 5.85. The van der Waals surface area contributed by atoms with Crippen LogP contribution in [0.3, 0.4) is 0 Å². The van der Waals surface area contributed by atoms with Crippen molar-refractivity contribution in [3.63, 3.8) is 0 Å². The van der Waals surface area contributed by atoms with Gasteiger partial charge in [-0.25, -0.2) is 0 Å². The average Bonchev–Trinajstić information content (AvgIpc) is 2.85. The van der Waals surface area contributed by atoms with E-state index in [4.69, 9.17) is 5.26 Å². The Kier molecular flexibility index (Phi) is 9.44. The van der Waals surface area contributed by atoms with E-state index in [-0.39, 0.29) is 44.7 Å². The Morgan fingerprint density at radius 1 is 1.15 bits per heavy atom. The van der Waals surface area contributed by atoms with Gasteiger partial charge in [-0.2, -0.15) is 5.26 Å². The Balaban J connectivity index is 0.00000338. The molecule has 1 aromatic rings. The fourth-order valence-corrected chi connectivity index (χ4v) is 4.42. The van der Waals surface area contributed by atoms with Gasteiger partial charge in [-0.1, -0.05) is 6.92 Å². The van der Waals surface area contributed by atoms with Crippen molar-refractivity contribution in [3.05, 3.63) is 28.8 Å². The predicted octanol–water partition coefficient (Wildman–Crippen LogP) is 4.30. The van der Waals surface area contributed by atoms with E-state index in [1.165, 1.54) is 25.7 Å². The molecule has 2 rings (SSSR count). The molecule has 1 N–H and O–H groups in total. The quantitative estimate of drug-likeness (QED) is 0.707. The summed E-state index contributed by atoms with van der Waals surface area (Å²) in [6.07, 6.45) is 5.85. The molecule has 1 amide bonds. The molecule has 0 aliphatic carbocycles. The van der Waals surface area contributed by atoms with E-state index < -0.39 is 0 Å². The van der Waals surface area contributed by atoms with Gasteiger partial charge in [0.25, 0.3) is 5.91 Å². The molecule has 1 atom stereocenters. The first-order valence-electron chi connectivity index (χ1n) is 9.65. The van der Waals surface area contributed by atoms with Gasteiger partial charge in [0.15, 0.2) is 6.04 Å². The van der Waals surface area contributed by atoms with Crippen molar-refractivity contribution in [2.45, 2.75) is 65.8 Å². The molecule has 1 aliphatic rings. The van der Waals surface area contributed by atoms with Crippen LogP contribution < -0.4 is 5.32 Å². The number of carbonyl (C=O) groups excluding carboxylic acids is 1. The molecule has 139 valence electrons. The summed E-state index contributed by atoms with van der Waals surface area (Å²) in [5.74, 6) is 0.127. The molecule has 0 spiro atoms. The predicted molar refractivity (Wildman–Crippen MR) is 102 cm³/mol. The molecule has 1 fully saturated rings. The van der Waals surface area contributed by atoms with Gasteiger partial charge in [0.05, 0.1) is 31.3 Å². The number of rotatable bonds is 5. The Hall–Kier alpha value is -0.756. The second kappa shape index (κ2) is 10.5. The van der Waals surface area contributed by atoms with Gasteiger partial charge in [-0.05, 0) is 69.7 Å². The van der Waals surface area contributed by atoms with Crippen molar-refractivity contribution in [2.75, 3.05) is 25.0 Å². The number of nitrogens with zero attached hydrogens (tertiary/aromatic N) is 2. The minimum Gasteiger partial charge on any atom is -0.320 e. The monoisotopic (exact) mass is 431 g/mol. The van der Waals surface area contributed by atoms with E-state index >= 15 is 0 Å². The summed E-state index contributed by atoms with van der Waals surface area (Å²) >= 11 is 0. The van der Waals surface area contributed by atoms with Crippen LogP contribution in [0.5, 0.6) is 0 Å². The summed E-state index contributed by atoms with van der Waals surface area (Å²) in [5, 5.41) is 12.3. The molecule has 1 aliphatic heterocycles. The van der Waals surface area contributed by atoms with E-state index in [0.717, 1.165) is 47.4 Å². The minimum atomic E-state index is -0.00227. The first-order valence-corrected chi connectivity index (χ1v) is 9.65. The molecule has 1 aromatic carbocycles. The Morgan fingerprint density at radius 3 is 2.12 bits per heavy atom. The Bertz CT molecular complexity index is 635. The number of aryl methyl sites for hydroxylation is 2. The van der Waals surface area contributed by atoms with Gasteiger partial charge >= 0.3 is 0 Å². The van der Waals surface area contributed by atoms with Crippen LogP contribution >= 0.6 is 0 Å². The van der Waals surface area contributed by atoms with Crippen LogP contribution in [-0.4, -0.2) is 36.1 Å². The van der Waals surface area contributed by atoms with Gasteiger partial charge < -0.3 is 9.80 Å². The van der Waals surface area contributed by atoms with E-state index in [0.29, 0.717) is 5.56 Å². The van der Waals surface area contributed by atoms with Crippen molar-refractivity contribution >= 4 is 11.6 Å². The number of nitriles is 1. The number of likely N-dealkylation sites (tertiary alicyclic amines) is 1. The van der Waals surface area contributed by atoms with Crippen molar-refractivity contribution in [3.8, 4) is 6.07 Å². The molecule has 1 unspecified atom stereocenters. The SMILES string of the molecule is CCC(C(=O)Nc1c(C)cc(C#N)cc1C)[N+]1(CC)CCCCCC1.[Y]. The van der Waals surface area contributed by atoms with E-state index in [9.17, 15) is 4.79 Å². The molecule has 0 bridgehead atoms. The van der Waals surface area contributed by atoms with Crippen molar-refractivity contribution in [2.24, 2.45) is 0 Å². The topological polar surface area (TPSA) is 52.9 Å². The van der Waals surface area contributed by atoms with Gasteiger partial charge in [0.2, 0.25) is 0 Å².